The van der Waals surface area contributed by atoms with Crippen molar-refractivity contribution in [1.82, 2.24) is 20.1 Å². The van der Waals surface area contributed by atoms with Gasteiger partial charge in [0, 0.05) is 17.6 Å². The summed E-state index contributed by atoms with van der Waals surface area (Å²) in [5, 5.41) is 13.7. The van der Waals surface area contributed by atoms with Gasteiger partial charge in [0.1, 0.15) is 0 Å². The van der Waals surface area contributed by atoms with Gasteiger partial charge in [0.2, 0.25) is 0 Å². The third-order valence-electron chi connectivity index (χ3n) is 5.56. The highest BCUT2D eigenvalue weighted by molar-refractivity contribution is 6.14. The van der Waals surface area contributed by atoms with E-state index in [0.717, 1.165) is 11.1 Å². The summed E-state index contributed by atoms with van der Waals surface area (Å²) in [5.74, 6) is -0.311. The summed E-state index contributed by atoms with van der Waals surface area (Å²) in [6.45, 7) is 9.83. The summed E-state index contributed by atoms with van der Waals surface area (Å²) in [6, 6.07) is 16.6. The Kier molecular flexibility index (Phi) is 6.82. The van der Waals surface area contributed by atoms with E-state index in [0.29, 0.717) is 33.7 Å². The number of hydrogen-bond donors (Lipinski definition) is 3. The lowest BCUT2D eigenvalue weighted by Gasteiger charge is -2.15. The van der Waals surface area contributed by atoms with E-state index in [-0.39, 0.29) is 24.0 Å². The zero-order valence-electron chi connectivity index (χ0n) is 20.6. The highest BCUT2D eigenvalue weighted by Crippen LogP contribution is 2.29. The molecule has 0 aliphatic rings. The topological polar surface area (TPSA) is 101 Å². The summed E-state index contributed by atoms with van der Waals surface area (Å²) in [5.41, 5.74) is 4.82. The summed E-state index contributed by atoms with van der Waals surface area (Å²) >= 11 is 0. The van der Waals surface area contributed by atoms with E-state index in [1.165, 1.54) is 0 Å². The van der Waals surface area contributed by atoms with Crippen LogP contribution in [0.5, 0.6) is 0 Å². The van der Waals surface area contributed by atoms with Crippen LogP contribution >= 0.6 is 0 Å². The minimum Gasteiger partial charge on any atom is -0.336 e. The molecule has 180 valence electrons. The zero-order chi connectivity index (χ0) is 25.1. The van der Waals surface area contributed by atoms with Crippen LogP contribution < -0.4 is 16.0 Å². The molecule has 0 aliphatic carbocycles. The van der Waals surface area contributed by atoms with Crippen LogP contribution in [0.15, 0.2) is 60.8 Å². The normalized spacial score (nSPS) is 11.2. The number of rotatable bonds is 6. The first kappa shape index (κ1) is 23.9. The third-order valence-corrected chi connectivity index (χ3v) is 5.56. The second-order valence-electron chi connectivity index (χ2n) is 9.04. The largest absolute Gasteiger partial charge is 0.336 e. The molecule has 0 radical (unpaired) electrons. The van der Waals surface area contributed by atoms with E-state index < -0.39 is 0 Å². The minimum absolute atomic E-state index is 0.0146. The van der Waals surface area contributed by atoms with E-state index in [1.807, 2.05) is 63.6 Å². The van der Waals surface area contributed by atoms with E-state index in [9.17, 15) is 9.59 Å². The van der Waals surface area contributed by atoms with E-state index in [1.54, 1.807) is 36.5 Å². The van der Waals surface area contributed by atoms with Gasteiger partial charge in [-0.25, -0.2) is 14.5 Å². The number of nitrogens with one attached hydrogen (secondary N) is 3. The molecule has 8 heteroatoms. The van der Waals surface area contributed by atoms with Crippen LogP contribution in [0.25, 0.3) is 22.3 Å². The molecule has 0 atom stereocenters. The number of para-hydroxylation sites is 2. The Labute approximate surface area is 204 Å². The molecule has 3 N–H and O–H groups in total. The van der Waals surface area contributed by atoms with Gasteiger partial charge in [-0.3, -0.25) is 4.79 Å². The number of pyridine rings is 1. The van der Waals surface area contributed by atoms with Crippen molar-refractivity contribution in [3.8, 4) is 11.3 Å². The number of amides is 3. The molecule has 35 heavy (non-hydrogen) atoms. The maximum absolute atomic E-state index is 13.6. The van der Waals surface area contributed by atoms with Crippen molar-refractivity contribution in [2.24, 2.45) is 0 Å². The lowest BCUT2D eigenvalue weighted by Crippen LogP contribution is -2.34. The van der Waals surface area contributed by atoms with Crippen molar-refractivity contribution in [1.29, 1.82) is 0 Å². The van der Waals surface area contributed by atoms with Crippen molar-refractivity contribution < 1.29 is 9.59 Å². The van der Waals surface area contributed by atoms with Gasteiger partial charge >= 0.3 is 6.03 Å². The molecule has 2 aromatic heterocycles. The fourth-order valence-corrected chi connectivity index (χ4v) is 3.89. The fourth-order valence-electron chi connectivity index (χ4n) is 3.89. The molecular weight excluding hydrogens is 440 g/mol. The lowest BCUT2D eigenvalue weighted by molar-refractivity contribution is 0.102. The predicted molar refractivity (Wildman–Crippen MR) is 140 cm³/mol. The van der Waals surface area contributed by atoms with Gasteiger partial charge in [-0.15, -0.1) is 0 Å². The molecule has 0 aliphatic heterocycles. The third kappa shape index (κ3) is 5.16. The van der Waals surface area contributed by atoms with Crippen molar-refractivity contribution in [2.45, 2.75) is 46.7 Å². The van der Waals surface area contributed by atoms with Crippen molar-refractivity contribution >= 4 is 34.3 Å². The Morgan fingerprint density at radius 3 is 2.23 bits per heavy atom. The van der Waals surface area contributed by atoms with E-state index in [4.69, 9.17) is 4.98 Å². The number of benzene rings is 2. The quantitative estimate of drug-likeness (QED) is 0.333. The van der Waals surface area contributed by atoms with Crippen LogP contribution in [0.3, 0.4) is 0 Å². The van der Waals surface area contributed by atoms with Gasteiger partial charge in [-0.1, -0.05) is 36.4 Å². The van der Waals surface area contributed by atoms with E-state index in [2.05, 4.69) is 21.0 Å². The average molecular weight is 471 g/mol. The monoisotopic (exact) mass is 470 g/mol. The number of anilines is 2. The summed E-state index contributed by atoms with van der Waals surface area (Å²) in [7, 11) is 0. The molecule has 3 amide bonds. The average Bonchev–Trinajstić information content (AvgIpc) is 3.24. The highest BCUT2D eigenvalue weighted by atomic mass is 16.2. The first-order valence-corrected chi connectivity index (χ1v) is 11.7. The Hall–Kier alpha value is -4.20. The molecule has 0 spiro atoms. The lowest BCUT2D eigenvalue weighted by atomic mass is 10.0. The molecule has 0 fully saturated rings. The molecule has 2 heterocycles. The predicted octanol–water partition coefficient (Wildman–Crippen LogP) is 5.77. The fraction of sp³-hybridized carbons (Fsp3) is 0.259. The van der Waals surface area contributed by atoms with Gasteiger partial charge in [0.25, 0.3) is 5.91 Å². The number of nitrogens with zero attached hydrogens (tertiary/aromatic N) is 3. The summed E-state index contributed by atoms with van der Waals surface area (Å²) < 4.78 is 1.82. The van der Waals surface area contributed by atoms with Crippen LogP contribution in [-0.4, -0.2) is 32.7 Å². The van der Waals surface area contributed by atoms with Crippen LogP contribution in [0.4, 0.5) is 16.2 Å². The standard InChI is InChI=1S/C27H30N6O2/c1-16(2)29-27(35)32-23-13-9-8-12-22(23)31-26(34)20-14-24(19-11-7-6-10-18(19)5)30-25-21(20)15-28-33(25)17(3)4/h6-17H,1-5H3,(H,31,34)(H2,29,32,35). The van der Waals surface area contributed by atoms with Crippen molar-refractivity contribution in [3.63, 3.8) is 0 Å². The Bertz CT molecular complexity index is 1390. The van der Waals surface area contributed by atoms with Crippen molar-refractivity contribution in [2.75, 3.05) is 10.6 Å². The van der Waals surface area contributed by atoms with Crippen LogP contribution in [0, 0.1) is 6.92 Å². The summed E-state index contributed by atoms with van der Waals surface area (Å²) in [4.78, 5) is 30.7. The number of hydrogen-bond acceptors (Lipinski definition) is 4. The number of aryl methyl sites for hydroxylation is 1. The van der Waals surface area contributed by atoms with Gasteiger partial charge in [0.15, 0.2) is 5.65 Å². The SMILES string of the molecule is Cc1ccccc1-c1cc(C(=O)Nc2ccccc2NC(=O)NC(C)C)c2cnn(C(C)C)c2n1. The highest BCUT2D eigenvalue weighted by Gasteiger charge is 2.20. The smallest absolute Gasteiger partial charge is 0.319 e. The first-order valence-electron chi connectivity index (χ1n) is 11.7. The van der Waals surface area contributed by atoms with Crippen LogP contribution in [-0.2, 0) is 0 Å². The Morgan fingerprint density at radius 2 is 1.57 bits per heavy atom. The molecular formula is C27H30N6O2. The second-order valence-corrected chi connectivity index (χ2v) is 9.04. The van der Waals surface area contributed by atoms with Gasteiger partial charge in [-0.2, -0.15) is 5.10 Å². The second kappa shape index (κ2) is 9.97. The summed E-state index contributed by atoms with van der Waals surface area (Å²) in [6.07, 6.45) is 1.68. The molecule has 4 rings (SSSR count). The van der Waals surface area contributed by atoms with Crippen LogP contribution in [0.2, 0.25) is 0 Å². The molecule has 8 nitrogen and oxygen atoms in total. The number of carbonyl (C=O) groups excluding carboxylic acids is 2. The van der Waals surface area contributed by atoms with Crippen molar-refractivity contribution in [3.05, 3.63) is 71.9 Å². The number of fused-ring (bicyclic) bond motifs is 1. The molecule has 0 unspecified atom stereocenters. The molecule has 0 saturated heterocycles. The number of carbonyl (C=O) groups is 2. The maximum Gasteiger partial charge on any atom is 0.319 e. The molecule has 0 saturated carbocycles. The first-order chi connectivity index (χ1) is 16.7. The van der Waals surface area contributed by atoms with Gasteiger partial charge < -0.3 is 16.0 Å². The zero-order valence-corrected chi connectivity index (χ0v) is 20.6. The van der Waals surface area contributed by atoms with E-state index >= 15 is 0 Å². The molecule has 0 bridgehead atoms. The van der Waals surface area contributed by atoms with Gasteiger partial charge in [0.05, 0.1) is 34.2 Å². The van der Waals surface area contributed by atoms with Gasteiger partial charge in [-0.05, 0) is 58.4 Å². The number of aromatic nitrogens is 3. The number of urea groups is 1. The Morgan fingerprint density at radius 1 is 0.914 bits per heavy atom. The minimum atomic E-state index is -0.340. The Balaban J connectivity index is 1.76. The maximum atomic E-state index is 13.6. The molecule has 4 aromatic rings. The van der Waals surface area contributed by atoms with Crippen LogP contribution in [0.1, 0.15) is 49.7 Å². The molecule has 2 aromatic carbocycles.